The Morgan fingerprint density at radius 2 is 2.12 bits per heavy atom. The molecule has 0 aromatic heterocycles. The number of ether oxygens (including phenoxy) is 2. The molecule has 0 saturated carbocycles. The van der Waals surface area contributed by atoms with E-state index in [1.807, 2.05) is 0 Å². The fraction of sp³-hybridized carbons (Fsp3) is 0.200. The molecule has 0 unspecified atom stereocenters. The summed E-state index contributed by atoms with van der Waals surface area (Å²) in [7, 11) is 2.70. The minimum atomic E-state index is -0.597. The highest BCUT2D eigenvalue weighted by atomic mass is 79.9. The van der Waals surface area contributed by atoms with E-state index in [0.29, 0.717) is 10.2 Å². The van der Waals surface area contributed by atoms with Gasteiger partial charge in [-0.15, -0.1) is 0 Å². The normalized spacial score (nSPS) is 9.19. The topological polar surface area (TPSA) is 65.0 Å². The molecule has 16 heavy (non-hydrogen) atoms. The fourth-order valence-corrected chi connectivity index (χ4v) is 1.61. The van der Waals surface area contributed by atoms with Crippen LogP contribution in [0.25, 0.3) is 0 Å². The molecule has 0 bridgehead atoms. The second-order valence-electron chi connectivity index (χ2n) is 2.70. The van der Waals surface area contributed by atoms with Crippen LogP contribution in [-0.4, -0.2) is 26.3 Å². The number of carbonyl (C=O) groups excluding carboxylic acids is 2. The van der Waals surface area contributed by atoms with Gasteiger partial charge in [0.2, 0.25) is 6.08 Å². The molecule has 0 amide bonds. The molecule has 0 saturated heterocycles. The number of aliphatic imine (C=N–C) groups is 1. The van der Waals surface area contributed by atoms with Crippen molar-refractivity contribution in [3.8, 4) is 5.75 Å². The third kappa shape index (κ3) is 2.48. The number of isocyanates is 1. The van der Waals surface area contributed by atoms with Gasteiger partial charge in [-0.25, -0.2) is 9.59 Å². The van der Waals surface area contributed by atoms with Crippen molar-refractivity contribution in [3.05, 3.63) is 22.2 Å². The summed E-state index contributed by atoms with van der Waals surface area (Å²) in [5.74, 6) is -0.148. The van der Waals surface area contributed by atoms with Gasteiger partial charge in [-0.2, -0.15) is 4.99 Å². The summed E-state index contributed by atoms with van der Waals surface area (Å²) in [6, 6.07) is 2.92. The maximum absolute atomic E-state index is 11.4. The number of rotatable bonds is 3. The van der Waals surface area contributed by atoms with E-state index in [2.05, 4.69) is 25.7 Å². The maximum atomic E-state index is 11.4. The Morgan fingerprint density at radius 3 is 2.62 bits per heavy atom. The summed E-state index contributed by atoms with van der Waals surface area (Å²) in [6.07, 6.45) is 1.37. The summed E-state index contributed by atoms with van der Waals surface area (Å²) in [5, 5.41) is 0. The lowest BCUT2D eigenvalue weighted by atomic mass is 10.1. The van der Waals surface area contributed by atoms with Crippen molar-refractivity contribution in [2.45, 2.75) is 0 Å². The van der Waals surface area contributed by atoms with Crippen LogP contribution in [-0.2, 0) is 9.53 Å². The summed E-state index contributed by atoms with van der Waals surface area (Å²) >= 11 is 3.22. The lowest BCUT2D eigenvalue weighted by Crippen LogP contribution is -2.02. The van der Waals surface area contributed by atoms with Crippen molar-refractivity contribution in [3.63, 3.8) is 0 Å². The van der Waals surface area contributed by atoms with E-state index in [0.717, 1.165) is 0 Å². The highest BCUT2D eigenvalue weighted by Crippen LogP contribution is 2.33. The van der Waals surface area contributed by atoms with Crippen molar-refractivity contribution in [2.75, 3.05) is 14.2 Å². The van der Waals surface area contributed by atoms with Crippen LogP contribution in [0.4, 0.5) is 5.69 Å². The fourth-order valence-electron chi connectivity index (χ4n) is 1.11. The first-order valence-electron chi connectivity index (χ1n) is 4.17. The molecule has 0 heterocycles. The van der Waals surface area contributed by atoms with E-state index in [1.165, 1.54) is 32.4 Å². The van der Waals surface area contributed by atoms with E-state index >= 15 is 0 Å². The smallest absolute Gasteiger partial charge is 0.340 e. The molecular formula is C10H8BrNO4. The van der Waals surface area contributed by atoms with Crippen molar-refractivity contribution >= 4 is 33.7 Å². The van der Waals surface area contributed by atoms with Gasteiger partial charge in [0.05, 0.1) is 29.9 Å². The zero-order chi connectivity index (χ0) is 12.1. The van der Waals surface area contributed by atoms with Gasteiger partial charge in [0.25, 0.3) is 0 Å². The lowest BCUT2D eigenvalue weighted by Gasteiger charge is -2.07. The molecule has 0 spiro atoms. The predicted octanol–water partition coefficient (Wildman–Crippen LogP) is 2.21. The van der Waals surface area contributed by atoms with Crippen molar-refractivity contribution in [1.29, 1.82) is 0 Å². The van der Waals surface area contributed by atoms with Gasteiger partial charge < -0.3 is 9.47 Å². The van der Waals surface area contributed by atoms with Gasteiger partial charge >= 0.3 is 5.97 Å². The molecule has 5 nitrogen and oxygen atoms in total. The molecule has 0 aliphatic rings. The van der Waals surface area contributed by atoms with Crippen LogP contribution in [0, 0.1) is 0 Å². The van der Waals surface area contributed by atoms with Crippen LogP contribution in [0.15, 0.2) is 21.6 Å². The lowest BCUT2D eigenvalue weighted by molar-refractivity contribution is 0.0601. The van der Waals surface area contributed by atoms with E-state index in [4.69, 9.17) is 4.74 Å². The van der Waals surface area contributed by atoms with Crippen LogP contribution < -0.4 is 4.74 Å². The molecule has 0 atom stereocenters. The van der Waals surface area contributed by atoms with Gasteiger partial charge in [0.15, 0.2) is 0 Å². The molecule has 0 fully saturated rings. The molecule has 0 aliphatic carbocycles. The molecule has 84 valence electrons. The Bertz CT molecular complexity index is 466. The maximum Gasteiger partial charge on any atom is 0.340 e. The molecule has 0 radical (unpaired) electrons. The summed E-state index contributed by atoms with van der Waals surface area (Å²) in [6.45, 7) is 0. The number of esters is 1. The Labute approximate surface area is 100 Å². The standard InChI is InChI=1S/C10H8BrNO4/c1-15-9-3-6(10(14)16-2)8(12-5-13)4-7(9)11/h3-4H,1-2H3. The predicted molar refractivity (Wildman–Crippen MR) is 59.8 cm³/mol. The molecule has 1 rings (SSSR count). The average molecular weight is 286 g/mol. The Hall–Kier alpha value is -1.65. The van der Waals surface area contributed by atoms with E-state index in [1.54, 1.807) is 0 Å². The SMILES string of the molecule is COC(=O)c1cc(OC)c(Br)cc1N=C=O. The number of methoxy groups -OCH3 is 2. The highest BCUT2D eigenvalue weighted by Gasteiger charge is 2.15. The first-order valence-corrected chi connectivity index (χ1v) is 4.97. The van der Waals surface area contributed by atoms with Gasteiger partial charge in [-0.3, -0.25) is 0 Å². The van der Waals surface area contributed by atoms with Gasteiger partial charge in [0, 0.05) is 0 Å². The summed E-state index contributed by atoms with van der Waals surface area (Å²) < 4.78 is 10.2. The summed E-state index contributed by atoms with van der Waals surface area (Å²) in [4.78, 5) is 25.0. The third-order valence-electron chi connectivity index (χ3n) is 1.84. The number of hydrogen-bond acceptors (Lipinski definition) is 5. The molecule has 0 N–H and O–H groups in total. The van der Waals surface area contributed by atoms with Crippen LogP contribution in [0.3, 0.4) is 0 Å². The molecule has 1 aromatic rings. The van der Waals surface area contributed by atoms with Crippen LogP contribution in [0.1, 0.15) is 10.4 Å². The largest absolute Gasteiger partial charge is 0.496 e. The van der Waals surface area contributed by atoms with Crippen molar-refractivity contribution in [1.82, 2.24) is 0 Å². The quantitative estimate of drug-likeness (QED) is 0.485. The molecule has 0 aliphatic heterocycles. The third-order valence-corrected chi connectivity index (χ3v) is 2.46. The van der Waals surface area contributed by atoms with Crippen LogP contribution in [0.5, 0.6) is 5.75 Å². The van der Waals surface area contributed by atoms with E-state index in [-0.39, 0.29) is 11.3 Å². The Kier molecular flexibility index (Phi) is 4.22. The number of nitrogens with zero attached hydrogens (tertiary/aromatic N) is 1. The van der Waals surface area contributed by atoms with Gasteiger partial charge in [-0.05, 0) is 28.1 Å². The number of carbonyl (C=O) groups is 1. The number of hydrogen-bond donors (Lipinski definition) is 0. The Morgan fingerprint density at radius 1 is 1.44 bits per heavy atom. The first kappa shape index (κ1) is 12.4. The second-order valence-corrected chi connectivity index (χ2v) is 3.55. The van der Waals surface area contributed by atoms with Gasteiger partial charge in [0.1, 0.15) is 5.75 Å². The first-order chi connectivity index (χ1) is 7.63. The van der Waals surface area contributed by atoms with E-state index in [9.17, 15) is 9.59 Å². The van der Waals surface area contributed by atoms with Crippen molar-refractivity contribution < 1.29 is 19.1 Å². The van der Waals surface area contributed by atoms with Crippen LogP contribution in [0.2, 0.25) is 0 Å². The zero-order valence-electron chi connectivity index (χ0n) is 8.61. The molecule has 6 heteroatoms. The van der Waals surface area contributed by atoms with Gasteiger partial charge in [-0.1, -0.05) is 0 Å². The molecular weight excluding hydrogens is 278 g/mol. The van der Waals surface area contributed by atoms with E-state index < -0.39 is 5.97 Å². The highest BCUT2D eigenvalue weighted by molar-refractivity contribution is 9.10. The monoisotopic (exact) mass is 285 g/mol. The second kappa shape index (κ2) is 5.44. The minimum Gasteiger partial charge on any atom is -0.496 e. The number of halogens is 1. The Balaban J connectivity index is 3.41. The number of benzene rings is 1. The zero-order valence-corrected chi connectivity index (χ0v) is 10.2. The average Bonchev–Trinajstić information content (AvgIpc) is 2.29. The van der Waals surface area contributed by atoms with Crippen molar-refractivity contribution in [2.24, 2.45) is 4.99 Å². The molecule has 1 aromatic carbocycles. The minimum absolute atomic E-state index is 0.144. The van der Waals surface area contributed by atoms with Crippen LogP contribution >= 0.6 is 15.9 Å². The summed E-state index contributed by atoms with van der Waals surface area (Å²) in [5.41, 5.74) is 0.320.